The van der Waals surface area contributed by atoms with Crippen molar-refractivity contribution in [3.63, 3.8) is 0 Å². The second-order valence-electron chi connectivity index (χ2n) is 6.33. The summed E-state index contributed by atoms with van der Waals surface area (Å²) in [6.07, 6.45) is 2.54. The Balaban J connectivity index is 2.50. The molecular formula is C15H31N3O. The Labute approximate surface area is 118 Å². The van der Waals surface area contributed by atoms with Crippen LogP contribution in [0.25, 0.3) is 0 Å². The quantitative estimate of drug-likeness (QED) is 0.795. The van der Waals surface area contributed by atoms with E-state index >= 15 is 0 Å². The van der Waals surface area contributed by atoms with Crippen LogP contribution in [0.1, 0.15) is 40.5 Å². The van der Waals surface area contributed by atoms with Crippen LogP contribution < -0.4 is 5.32 Å². The van der Waals surface area contributed by atoms with E-state index in [-0.39, 0.29) is 11.9 Å². The summed E-state index contributed by atoms with van der Waals surface area (Å²) in [5.74, 6) is 0.917. The maximum absolute atomic E-state index is 12.2. The average molecular weight is 269 g/mol. The van der Waals surface area contributed by atoms with Crippen molar-refractivity contribution in [2.24, 2.45) is 5.92 Å². The van der Waals surface area contributed by atoms with Crippen molar-refractivity contribution in [2.75, 3.05) is 33.2 Å². The number of likely N-dealkylation sites (N-methyl/N-ethyl adjacent to an activating group) is 1. The molecule has 0 aromatic rings. The zero-order chi connectivity index (χ0) is 14.4. The molecule has 1 saturated heterocycles. The van der Waals surface area contributed by atoms with Crippen molar-refractivity contribution in [1.29, 1.82) is 0 Å². The Morgan fingerprint density at radius 1 is 1.26 bits per heavy atom. The summed E-state index contributed by atoms with van der Waals surface area (Å²) >= 11 is 0. The lowest BCUT2D eigenvalue weighted by Gasteiger charge is -2.34. The molecule has 19 heavy (non-hydrogen) atoms. The molecule has 0 aromatic heterocycles. The summed E-state index contributed by atoms with van der Waals surface area (Å²) in [7, 11) is 1.90. The van der Waals surface area contributed by atoms with Gasteiger partial charge in [0, 0.05) is 25.7 Å². The molecule has 1 heterocycles. The van der Waals surface area contributed by atoms with Crippen molar-refractivity contribution >= 4 is 5.91 Å². The van der Waals surface area contributed by atoms with Crippen molar-refractivity contribution in [3.8, 4) is 0 Å². The van der Waals surface area contributed by atoms with Gasteiger partial charge in [0.15, 0.2) is 0 Å². The molecule has 0 spiro atoms. The van der Waals surface area contributed by atoms with Gasteiger partial charge >= 0.3 is 0 Å². The van der Waals surface area contributed by atoms with Gasteiger partial charge in [0.2, 0.25) is 5.91 Å². The number of nitrogens with one attached hydrogen (secondary N) is 1. The summed E-state index contributed by atoms with van der Waals surface area (Å²) in [5.41, 5.74) is 0. The maximum atomic E-state index is 12.2. The van der Waals surface area contributed by atoms with Gasteiger partial charge in [-0.25, -0.2) is 0 Å². The third-order valence-corrected chi connectivity index (χ3v) is 4.13. The molecule has 4 heteroatoms. The molecule has 0 saturated carbocycles. The fourth-order valence-electron chi connectivity index (χ4n) is 2.44. The Morgan fingerprint density at radius 3 is 2.42 bits per heavy atom. The van der Waals surface area contributed by atoms with Crippen LogP contribution in [-0.2, 0) is 4.79 Å². The molecule has 1 rings (SSSR count). The molecule has 0 radical (unpaired) electrons. The smallest absolute Gasteiger partial charge is 0.236 e. The van der Waals surface area contributed by atoms with Crippen LogP contribution in [0.5, 0.6) is 0 Å². The molecule has 0 aromatic carbocycles. The van der Waals surface area contributed by atoms with Crippen molar-refractivity contribution in [3.05, 3.63) is 0 Å². The first-order valence-corrected chi connectivity index (χ1v) is 7.62. The van der Waals surface area contributed by atoms with E-state index in [1.165, 1.54) is 12.8 Å². The topological polar surface area (TPSA) is 35.6 Å². The van der Waals surface area contributed by atoms with E-state index in [0.29, 0.717) is 18.5 Å². The zero-order valence-corrected chi connectivity index (χ0v) is 13.3. The summed E-state index contributed by atoms with van der Waals surface area (Å²) in [5, 5.41) is 3.45. The fraction of sp³-hybridized carbons (Fsp3) is 0.933. The van der Waals surface area contributed by atoms with E-state index in [0.717, 1.165) is 19.6 Å². The molecule has 1 aliphatic heterocycles. The van der Waals surface area contributed by atoms with E-state index in [4.69, 9.17) is 0 Å². The monoisotopic (exact) mass is 269 g/mol. The first-order chi connectivity index (χ1) is 8.91. The van der Waals surface area contributed by atoms with Crippen LogP contribution in [0, 0.1) is 5.92 Å². The fourth-order valence-corrected chi connectivity index (χ4v) is 2.44. The number of carbonyl (C=O) groups is 1. The minimum Gasteiger partial charge on any atom is -0.342 e. The first-order valence-electron chi connectivity index (χ1n) is 7.62. The van der Waals surface area contributed by atoms with E-state index < -0.39 is 0 Å². The van der Waals surface area contributed by atoms with Gasteiger partial charge in [-0.05, 0) is 59.5 Å². The Morgan fingerprint density at radius 2 is 1.95 bits per heavy atom. The van der Waals surface area contributed by atoms with Gasteiger partial charge in [0.05, 0.1) is 6.54 Å². The predicted molar refractivity (Wildman–Crippen MR) is 80.2 cm³/mol. The van der Waals surface area contributed by atoms with Gasteiger partial charge < -0.3 is 10.2 Å². The molecule has 1 unspecified atom stereocenters. The van der Waals surface area contributed by atoms with Gasteiger partial charge in [-0.1, -0.05) is 0 Å². The highest BCUT2D eigenvalue weighted by molar-refractivity contribution is 5.78. The lowest BCUT2D eigenvalue weighted by molar-refractivity contribution is -0.133. The van der Waals surface area contributed by atoms with Gasteiger partial charge in [0.1, 0.15) is 0 Å². The predicted octanol–water partition coefficient (Wildman–Crippen LogP) is 1.56. The summed E-state index contributed by atoms with van der Waals surface area (Å²) in [6.45, 7) is 12.3. The SMILES string of the molecule is CC(C)N(CC(=O)N(C)C(C)C)CC1CCCNC1. The highest BCUT2D eigenvalue weighted by Crippen LogP contribution is 2.13. The molecule has 1 amide bonds. The lowest BCUT2D eigenvalue weighted by Crippen LogP contribution is -2.47. The first kappa shape index (κ1) is 16.4. The third kappa shape index (κ3) is 5.49. The van der Waals surface area contributed by atoms with E-state index in [2.05, 4.69) is 37.9 Å². The molecule has 0 bridgehead atoms. The van der Waals surface area contributed by atoms with Gasteiger partial charge in [-0.15, -0.1) is 0 Å². The average Bonchev–Trinajstić information content (AvgIpc) is 2.37. The number of piperidine rings is 1. The van der Waals surface area contributed by atoms with Crippen molar-refractivity contribution in [1.82, 2.24) is 15.1 Å². The third-order valence-electron chi connectivity index (χ3n) is 4.13. The summed E-state index contributed by atoms with van der Waals surface area (Å²) in [6, 6.07) is 0.698. The lowest BCUT2D eigenvalue weighted by atomic mass is 9.98. The van der Waals surface area contributed by atoms with Crippen LogP contribution in [0.15, 0.2) is 0 Å². The highest BCUT2D eigenvalue weighted by atomic mass is 16.2. The second-order valence-corrected chi connectivity index (χ2v) is 6.33. The summed E-state index contributed by atoms with van der Waals surface area (Å²) < 4.78 is 0. The number of hydrogen-bond donors (Lipinski definition) is 1. The highest BCUT2D eigenvalue weighted by Gasteiger charge is 2.22. The molecular weight excluding hydrogens is 238 g/mol. The number of rotatable bonds is 6. The number of nitrogens with zero attached hydrogens (tertiary/aromatic N) is 2. The molecule has 1 fully saturated rings. The number of hydrogen-bond acceptors (Lipinski definition) is 3. The Bertz CT molecular complexity index is 273. The Kier molecular flexibility index (Phi) is 6.80. The normalized spacial score (nSPS) is 20.3. The van der Waals surface area contributed by atoms with Crippen LogP contribution in [0.3, 0.4) is 0 Å². The summed E-state index contributed by atoms with van der Waals surface area (Å²) in [4.78, 5) is 16.4. The number of carbonyl (C=O) groups excluding carboxylic acids is 1. The van der Waals surface area contributed by atoms with Crippen LogP contribution in [0.4, 0.5) is 0 Å². The Hall–Kier alpha value is -0.610. The van der Waals surface area contributed by atoms with Gasteiger partial charge in [-0.2, -0.15) is 0 Å². The molecule has 1 aliphatic rings. The van der Waals surface area contributed by atoms with Crippen molar-refractivity contribution < 1.29 is 4.79 Å². The minimum absolute atomic E-state index is 0.229. The molecule has 1 atom stereocenters. The van der Waals surface area contributed by atoms with Gasteiger partial charge in [-0.3, -0.25) is 9.69 Å². The van der Waals surface area contributed by atoms with Crippen LogP contribution in [0.2, 0.25) is 0 Å². The standard InChI is InChI=1S/C15H31N3O/c1-12(2)17(5)15(19)11-18(13(3)4)10-14-7-6-8-16-9-14/h12-14,16H,6-11H2,1-5H3. The van der Waals surface area contributed by atoms with Crippen LogP contribution in [-0.4, -0.2) is 61.0 Å². The maximum Gasteiger partial charge on any atom is 0.236 e. The number of amides is 1. The van der Waals surface area contributed by atoms with E-state index in [1.807, 2.05) is 11.9 Å². The van der Waals surface area contributed by atoms with Gasteiger partial charge in [0.25, 0.3) is 0 Å². The molecule has 112 valence electrons. The van der Waals surface area contributed by atoms with E-state index in [9.17, 15) is 4.79 Å². The van der Waals surface area contributed by atoms with Crippen LogP contribution >= 0.6 is 0 Å². The largest absolute Gasteiger partial charge is 0.342 e. The zero-order valence-electron chi connectivity index (χ0n) is 13.3. The molecule has 4 nitrogen and oxygen atoms in total. The minimum atomic E-state index is 0.229. The molecule has 1 N–H and O–H groups in total. The second kappa shape index (κ2) is 7.85. The van der Waals surface area contributed by atoms with Crippen molar-refractivity contribution in [2.45, 2.75) is 52.6 Å². The van der Waals surface area contributed by atoms with E-state index in [1.54, 1.807) is 0 Å². The molecule has 0 aliphatic carbocycles.